The third-order valence-corrected chi connectivity index (χ3v) is 5.02. The molecule has 0 aliphatic heterocycles. The van der Waals surface area contributed by atoms with Gasteiger partial charge in [0.25, 0.3) is 0 Å². The molecule has 0 aromatic carbocycles. The lowest BCUT2D eigenvalue weighted by Gasteiger charge is -2.34. The summed E-state index contributed by atoms with van der Waals surface area (Å²) in [6.07, 6.45) is 5.70. The Hall–Kier alpha value is -0.640. The molecule has 16 heavy (non-hydrogen) atoms. The van der Waals surface area contributed by atoms with Crippen molar-refractivity contribution >= 4 is 23.3 Å². The fourth-order valence-corrected chi connectivity index (χ4v) is 4.10. The Kier molecular flexibility index (Phi) is 3.79. The van der Waals surface area contributed by atoms with Crippen LogP contribution in [0.5, 0.6) is 0 Å². The molecule has 1 N–H and O–H groups in total. The van der Waals surface area contributed by atoms with Crippen molar-refractivity contribution in [3.8, 4) is 6.07 Å². The summed E-state index contributed by atoms with van der Waals surface area (Å²) in [5.74, 6) is 0. The van der Waals surface area contributed by atoms with Crippen LogP contribution < -0.4 is 5.32 Å². The highest BCUT2D eigenvalue weighted by Gasteiger charge is 2.35. The molecule has 6 heteroatoms. The minimum absolute atomic E-state index is 0.333. The van der Waals surface area contributed by atoms with Crippen LogP contribution in [0.2, 0.25) is 0 Å². The Bertz CT molecular complexity index is 373. The van der Waals surface area contributed by atoms with E-state index in [2.05, 4.69) is 20.7 Å². The van der Waals surface area contributed by atoms with Crippen molar-refractivity contribution in [2.24, 2.45) is 0 Å². The van der Waals surface area contributed by atoms with E-state index in [0.29, 0.717) is 5.25 Å². The van der Waals surface area contributed by atoms with Gasteiger partial charge in [0, 0.05) is 5.25 Å². The molecular formula is C10H14N4S2. The minimum atomic E-state index is -0.333. The third kappa shape index (κ3) is 2.54. The normalized spacial score (nSPS) is 29.9. The highest BCUT2D eigenvalue weighted by molar-refractivity contribution is 8.01. The number of nitrogens with one attached hydrogen (secondary N) is 1. The Morgan fingerprint density at radius 3 is 3.25 bits per heavy atom. The number of nitriles is 1. The molecule has 2 atom stereocenters. The van der Waals surface area contributed by atoms with Crippen LogP contribution in [0.25, 0.3) is 0 Å². The Labute approximate surface area is 104 Å². The fraction of sp³-hybridized carbons (Fsp3) is 0.700. The van der Waals surface area contributed by atoms with Gasteiger partial charge in [0.15, 0.2) is 4.34 Å². The Balaban J connectivity index is 2.00. The lowest BCUT2D eigenvalue weighted by atomic mass is 9.83. The molecule has 86 valence electrons. The van der Waals surface area contributed by atoms with Gasteiger partial charge >= 0.3 is 0 Å². The Morgan fingerprint density at radius 2 is 2.62 bits per heavy atom. The van der Waals surface area contributed by atoms with Crippen molar-refractivity contribution in [1.29, 1.82) is 5.26 Å². The van der Waals surface area contributed by atoms with E-state index in [4.69, 9.17) is 0 Å². The predicted octanol–water partition coefficient (Wildman–Crippen LogP) is 2.05. The van der Waals surface area contributed by atoms with E-state index in [1.807, 2.05) is 7.05 Å². The van der Waals surface area contributed by atoms with Gasteiger partial charge in [0.1, 0.15) is 11.9 Å². The zero-order chi connectivity index (χ0) is 11.4. The van der Waals surface area contributed by atoms with E-state index < -0.39 is 0 Å². The van der Waals surface area contributed by atoms with Crippen LogP contribution >= 0.6 is 23.3 Å². The second kappa shape index (κ2) is 5.13. The van der Waals surface area contributed by atoms with Crippen LogP contribution in [0.3, 0.4) is 0 Å². The lowest BCUT2D eigenvalue weighted by molar-refractivity contribution is 0.323. The SMILES string of the molecule is CNC1(C#N)CCCC(Sc2ncns2)C1. The molecule has 1 aromatic rings. The van der Waals surface area contributed by atoms with Gasteiger partial charge in [-0.2, -0.15) is 9.64 Å². The summed E-state index contributed by atoms with van der Waals surface area (Å²) in [4.78, 5) is 4.18. The van der Waals surface area contributed by atoms with Crippen LogP contribution in [0.15, 0.2) is 10.7 Å². The van der Waals surface area contributed by atoms with E-state index in [0.717, 1.165) is 30.0 Å². The zero-order valence-electron chi connectivity index (χ0n) is 9.14. The smallest absolute Gasteiger partial charge is 0.170 e. The minimum Gasteiger partial charge on any atom is -0.302 e. The van der Waals surface area contributed by atoms with E-state index in [9.17, 15) is 5.26 Å². The quantitative estimate of drug-likeness (QED) is 0.894. The number of nitrogens with zero attached hydrogens (tertiary/aromatic N) is 3. The van der Waals surface area contributed by atoms with Crippen LogP contribution in [-0.4, -0.2) is 27.2 Å². The molecule has 1 aromatic heterocycles. The Morgan fingerprint density at radius 1 is 1.75 bits per heavy atom. The first-order valence-corrected chi connectivity index (χ1v) is 6.97. The van der Waals surface area contributed by atoms with E-state index in [1.165, 1.54) is 11.5 Å². The molecule has 0 spiro atoms. The predicted molar refractivity (Wildman–Crippen MR) is 65.4 cm³/mol. The van der Waals surface area contributed by atoms with Crippen LogP contribution in [0.4, 0.5) is 0 Å². The molecular weight excluding hydrogens is 240 g/mol. The molecule has 4 nitrogen and oxygen atoms in total. The standard InChI is InChI=1S/C10H14N4S2/c1-12-10(6-11)4-2-3-8(5-10)15-9-13-7-14-16-9/h7-8,12H,2-5H2,1H3. The number of hydrogen-bond acceptors (Lipinski definition) is 6. The molecule has 0 saturated heterocycles. The first-order valence-electron chi connectivity index (χ1n) is 5.31. The topological polar surface area (TPSA) is 61.6 Å². The second-order valence-corrected chi connectivity index (χ2v) is 6.31. The first kappa shape index (κ1) is 11.8. The lowest BCUT2D eigenvalue weighted by Crippen LogP contribution is -2.46. The van der Waals surface area contributed by atoms with Gasteiger partial charge in [-0.05, 0) is 44.3 Å². The van der Waals surface area contributed by atoms with Gasteiger partial charge in [-0.25, -0.2) is 4.98 Å². The molecule has 1 aliphatic carbocycles. The number of hydrogen-bond donors (Lipinski definition) is 1. The average molecular weight is 254 g/mol. The number of rotatable bonds is 3. The third-order valence-electron chi connectivity index (χ3n) is 3.01. The molecule has 0 amide bonds. The van der Waals surface area contributed by atoms with Crippen molar-refractivity contribution < 1.29 is 0 Å². The van der Waals surface area contributed by atoms with E-state index in [1.54, 1.807) is 18.1 Å². The molecule has 0 radical (unpaired) electrons. The molecule has 1 heterocycles. The molecule has 1 saturated carbocycles. The molecule has 2 rings (SSSR count). The summed E-state index contributed by atoms with van der Waals surface area (Å²) in [6, 6.07) is 2.42. The van der Waals surface area contributed by atoms with Gasteiger partial charge in [0.05, 0.1) is 6.07 Å². The van der Waals surface area contributed by atoms with Gasteiger partial charge in [-0.15, -0.1) is 0 Å². The van der Waals surface area contributed by atoms with E-state index >= 15 is 0 Å². The summed E-state index contributed by atoms with van der Waals surface area (Å²) < 4.78 is 5.00. The number of thioether (sulfide) groups is 1. The van der Waals surface area contributed by atoms with Crippen molar-refractivity contribution in [3.05, 3.63) is 6.33 Å². The van der Waals surface area contributed by atoms with Crippen LogP contribution in [0, 0.1) is 11.3 Å². The summed E-state index contributed by atoms with van der Waals surface area (Å²) in [7, 11) is 1.88. The van der Waals surface area contributed by atoms with Gasteiger partial charge < -0.3 is 5.32 Å². The molecule has 1 aliphatic rings. The van der Waals surface area contributed by atoms with Crippen LogP contribution in [-0.2, 0) is 0 Å². The van der Waals surface area contributed by atoms with Gasteiger partial charge in [-0.3, -0.25) is 0 Å². The molecule has 1 fully saturated rings. The maximum Gasteiger partial charge on any atom is 0.170 e. The summed E-state index contributed by atoms with van der Waals surface area (Å²) in [6.45, 7) is 0. The highest BCUT2D eigenvalue weighted by atomic mass is 32.2. The summed E-state index contributed by atoms with van der Waals surface area (Å²) >= 11 is 3.19. The highest BCUT2D eigenvalue weighted by Crippen LogP contribution is 2.38. The monoisotopic (exact) mass is 254 g/mol. The second-order valence-electron chi connectivity index (χ2n) is 3.99. The summed E-state index contributed by atoms with van der Waals surface area (Å²) in [5, 5.41) is 12.9. The average Bonchev–Trinajstić information content (AvgIpc) is 2.82. The fourth-order valence-electron chi connectivity index (χ4n) is 2.07. The number of aromatic nitrogens is 2. The van der Waals surface area contributed by atoms with Crippen molar-refractivity contribution in [2.75, 3.05) is 7.05 Å². The van der Waals surface area contributed by atoms with Crippen molar-refractivity contribution in [3.63, 3.8) is 0 Å². The van der Waals surface area contributed by atoms with E-state index in [-0.39, 0.29) is 5.54 Å². The van der Waals surface area contributed by atoms with Crippen molar-refractivity contribution in [1.82, 2.24) is 14.7 Å². The zero-order valence-corrected chi connectivity index (χ0v) is 10.8. The van der Waals surface area contributed by atoms with Crippen molar-refractivity contribution in [2.45, 2.75) is 40.8 Å². The maximum atomic E-state index is 9.24. The first-order chi connectivity index (χ1) is 7.78. The maximum absolute atomic E-state index is 9.24. The summed E-state index contributed by atoms with van der Waals surface area (Å²) in [5.41, 5.74) is -0.333. The van der Waals surface area contributed by atoms with Crippen LogP contribution in [0.1, 0.15) is 25.7 Å². The van der Waals surface area contributed by atoms with Gasteiger partial charge in [0.2, 0.25) is 0 Å². The van der Waals surface area contributed by atoms with Gasteiger partial charge in [-0.1, -0.05) is 11.8 Å². The molecule has 0 bridgehead atoms. The molecule has 2 unspecified atom stereocenters. The largest absolute Gasteiger partial charge is 0.302 e.